The maximum Gasteiger partial charge on any atom is 0.277 e. The van der Waals surface area contributed by atoms with Crippen molar-refractivity contribution in [2.24, 2.45) is 0 Å². The number of aromatic nitrogens is 4. The van der Waals surface area contributed by atoms with Gasteiger partial charge in [0.25, 0.3) is 16.7 Å². The fourth-order valence-corrected chi connectivity index (χ4v) is 4.25. The Bertz CT molecular complexity index is 1510. The van der Waals surface area contributed by atoms with E-state index in [0.29, 0.717) is 35.3 Å². The number of rotatable bonds is 8. The van der Waals surface area contributed by atoms with Crippen LogP contribution in [-0.2, 0) is 17.9 Å². The van der Waals surface area contributed by atoms with E-state index in [9.17, 15) is 9.59 Å². The number of amides is 1. The molecular weight excluding hydrogens is 466 g/mol. The van der Waals surface area contributed by atoms with Crippen molar-refractivity contribution in [2.75, 3.05) is 0 Å². The van der Waals surface area contributed by atoms with Gasteiger partial charge in [-0.2, -0.15) is 5.10 Å². The van der Waals surface area contributed by atoms with E-state index in [4.69, 9.17) is 8.83 Å². The molecule has 9 nitrogen and oxygen atoms in total. The number of hydrogen-bond acceptors (Lipinski definition) is 8. The van der Waals surface area contributed by atoms with E-state index in [1.807, 2.05) is 36.4 Å². The molecule has 5 aromatic rings. The van der Waals surface area contributed by atoms with E-state index in [2.05, 4.69) is 20.6 Å². The van der Waals surface area contributed by atoms with Crippen molar-refractivity contribution >= 4 is 28.4 Å². The molecule has 1 atom stereocenters. The SMILES string of the molecule is CC(Sc1nnc(-c2nn(Cc3ccccc3)c(=O)c3ccccc23)o1)C(=O)NCc1ccco1. The molecule has 10 heteroatoms. The van der Waals surface area contributed by atoms with E-state index < -0.39 is 5.25 Å². The summed E-state index contributed by atoms with van der Waals surface area (Å²) in [6, 6.07) is 20.3. The van der Waals surface area contributed by atoms with Gasteiger partial charge in [0, 0.05) is 5.39 Å². The number of fused-ring (bicyclic) bond motifs is 1. The molecule has 0 spiro atoms. The van der Waals surface area contributed by atoms with Gasteiger partial charge in [0.1, 0.15) is 5.76 Å². The number of nitrogens with one attached hydrogen (secondary N) is 1. The van der Waals surface area contributed by atoms with Crippen LogP contribution in [0.5, 0.6) is 0 Å². The third-order valence-electron chi connectivity index (χ3n) is 5.32. The lowest BCUT2D eigenvalue weighted by molar-refractivity contribution is -0.120. The van der Waals surface area contributed by atoms with Gasteiger partial charge in [0.05, 0.1) is 30.0 Å². The number of hydrogen-bond donors (Lipinski definition) is 1. The second kappa shape index (κ2) is 9.98. The van der Waals surface area contributed by atoms with Crippen molar-refractivity contribution in [2.45, 2.75) is 30.5 Å². The highest BCUT2D eigenvalue weighted by Crippen LogP contribution is 2.28. The molecule has 3 heterocycles. The van der Waals surface area contributed by atoms with Crippen molar-refractivity contribution in [3.63, 3.8) is 0 Å². The van der Waals surface area contributed by atoms with Gasteiger partial charge in [-0.05, 0) is 30.7 Å². The number of thioether (sulfide) groups is 1. The molecule has 5 rings (SSSR count). The smallest absolute Gasteiger partial charge is 0.277 e. The zero-order chi connectivity index (χ0) is 24.2. The van der Waals surface area contributed by atoms with Crippen LogP contribution >= 0.6 is 11.8 Å². The molecule has 1 unspecified atom stereocenters. The lowest BCUT2D eigenvalue weighted by atomic mass is 10.1. The monoisotopic (exact) mass is 487 g/mol. The highest BCUT2D eigenvalue weighted by Gasteiger charge is 2.21. The second-order valence-electron chi connectivity index (χ2n) is 7.77. The Kier molecular flexibility index (Phi) is 6.44. The van der Waals surface area contributed by atoms with Crippen LogP contribution < -0.4 is 10.9 Å². The van der Waals surface area contributed by atoms with Crippen LogP contribution in [0.25, 0.3) is 22.4 Å². The summed E-state index contributed by atoms with van der Waals surface area (Å²) in [7, 11) is 0. The van der Waals surface area contributed by atoms with Crippen LogP contribution in [-0.4, -0.2) is 31.1 Å². The van der Waals surface area contributed by atoms with Gasteiger partial charge in [-0.3, -0.25) is 9.59 Å². The van der Waals surface area contributed by atoms with Gasteiger partial charge in [-0.15, -0.1) is 10.2 Å². The van der Waals surface area contributed by atoms with E-state index >= 15 is 0 Å². The summed E-state index contributed by atoms with van der Waals surface area (Å²) >= 11 is 1.14. The molecule has 0 radical (unpaired) electrons. The summed E-state index contributed by atoms with van der Waals surface area (Å²) in [5.74, 6) is 0.652. The van der Waals surface area contributed by atoms with Crippen molar-refractivity contribution in [1.82, 2.24) is 25.3 Å². The molecule has 0 fully saturated rings. The summed E-state index contributed by atoms with van der Waals surface area (Å²) in [6.45, 7) is 2.35. The second-order valence-corrected chi connectivity index (χ2v) is 9.07. The maximum atomic E-state index is 13.1. The molecule has 0 aliphatic heterocycles. The molecule has 0 saturated heterocycles. The van der Waals surface area contributed by atoms with Gasteiger partial charge in [-0.1, -0.05) is 60.3 Å². The van der Waals surface area contributed by atoms with E-state index in [1.165, 1.54) is 4.68 Å². The summed E-state index contributed by atoms with van der Waals surface area (Å²) in [5.41, 5.74) is 1.15. The summed E-state index contributed by atoms with van der Waals surface area (Å²) in [6.07, 6.45) is 1.56. The first kappa shape index (κ1) is 22.6. The average molecular weight is 488 g/mol. The molecule has 1 amide bonds. The van der Waals surface area contributed by atoms with E-state index in [1.54, 1.807) is 43.5 Å². The first-order chi connectivity index (χ1) is 17.1. The Morgan fingerprint density at radius 2 is 1.80 bits per heavy atom. The van der Waals surface area contributed by atoms with Crippen LogP contribution in [0, 0.1) is 0 Å². The van der Waals surface area contributed by atoms with Crippen LogP contribution in [0.15, 0.2) is 91.8 Å². The number of carbonyl (C=O) groups is 1. The fourth-order valence-electron chi connectivity index (χ4n) is 3.55. The largest absolute Gasteiger partial charge is 0.467 e. The third-order valence-corrected chi connectivity index (χ3v) is 6.25. The molecule has 176 valence electrons. The third kappa shape index (κ3) is 5.02. The van der Waals surface area contributed by atoms with Crippen molar-refractivity contribution < 1.29 is 13.6 Å². The summed E-state index contributed by atoms with van der Waals surface area (Å²) < 4.78 is 12.5. The number of nitrogens with zero attached hydrogens (tertiary/aromatic N) is 4. The Balaban J connectivity index is 1.39. The zero-order valence-corrected chi connectivity index (χ0v) is 19.6. The molecule has 35 heavy (non-hydrogen) atoms. The molecule has 2 aromatic carbocycles. The molecule has 1 N–H and O–H groups in total. The van der Waals surface area contributed by atoms with E-state index in [0.717, 1.165) is 17.3 Å². The lowest BCUT2D eigenvalue weighted by Gasteiger charge is -2.09. The molecule has 0 aliphatic carbocycles. The Hall–Kier alpha value is -4.18. The predicted octanol–water partition coefficient (Wildman–Crippen LogP) is 3.88. The highest BCUT2D eigenvalue weighted by atomic mass is 32.2. The van der Waals surface area contributed by atoms with Crippen molar-refractivity contribution in [3.8, 4) is 11.6 Å². The number of furan rings is 1. The highest BCUT2D eigenvalue weighted by molar-refractivity contribution is 8.00. The zero-order valence-electron chi connectivity index (χ0n) is 18.7. The van der Waals surface area contributed by atoms with Gasteiger partial charge in [-0.25, -0.2) is 4.68 Å². The first-order valence-corrected chi connectivity index (χ1v) is 11.8. The molecule has 0 saturated carbocycles. The minimum Gasteiger partial charge on any atom is -0.467 e. The van der Waals surface area contributed by atoms with Gasteiger partial charge in [0.2, 0.25) is 5.91 Å². The quantitative estimate of drug-likeness (QED) is 0.328. The first-order valence-electron chi connectivity index (χ1n) is 10.9. The van der Waals surface area contributed by atoms with Gasteiger partial charge < -0.3 is 14.2 Å². The average Bonchev–Trinajstić information content (AvgIpc) is 3.57. The van der Waals surface area contributed by atoms with Crippen LogP contribution in [0.2, 0.25) is 0 Å². The van der Waals surface area contributed by atoms with Gasteiger partial charge in [0.15, 0.2) is 5.69 Å². The molecular formula is C25H21N5O4S. The predicted molar refractivity (Wildman–Crippen MR) is 131 cm³/mol. The Morgan fingerprint density at radius 3 is 2.57 bits per heavy atom. The normalized spacial score (nSPS) is 12.0. The standard InChI is InChI=1S/C25H21N5O4S/c1-16(22(31)26-14-18-10-7-13-33-18)35-25-28-27-23(34-25)21-19-11-5-6-12-20(19)24(32)30(29-21)15-17-8-3-2-4-9-17/h2-13,16H,14-15H2,1H3,(H,26,31). The Labute approximate surface area is 204 Å². The summed E-state index contributed by atoms with van der Waals surface area (Å²) in [5, 5.41) is 16.5. The van der Waals surface area contributed by atoms with Crippen LogP contribution in [0.3, 0.4) is 0 Å². The van der Waals surface area contributed by atoms with Crippen molar-refractivity contribution in [3.05, 3.63) is 94.7 Å². The fraction of sp³-hybridized carbons (Fsp3) is 0.160. The molecule has 3 aromatic heterocycles. The maximum absolute atomic E-state index is 13.1. The molecule has 0 aliphatic rings. The number of benzene rings is 2. The van der Waals surface area contributed by atoms with Crippen LogP contribution in [0.4, 0.5) is 0 Å². The number of carbonyl (C=O) groups excluding carboxylic acids is 1. The lowest BCUT2D eigenvalue weighted by Crippen LogP contribution is -2.30. The Morgan fingerprint density at radius 1 is 1.03 bits per heavy atom. The summed E-state index contributed by atoms with van der Waals surface area (Å²) in [4.78, 5) is 25.5. The van der Waals surface area contributed by atoms with Gasteiger partial charge >= 0.3 is 0 Å². The van der Waals surface area contributed by atoms with Crippen molar-refractivity contribution in [1.29, 1.82) is 0 Å². The minimum absolute atomic E-state index is 0.175. The molecule has 0 bridgehead atoms. The van der Waals surface area contributed by atoms with E-state index in [-0.39, 0.29) is 22.6 Å². The van der Waals surface area contributed by atoms with Crippen LogP contribution in [0.1, 0.15) is 18.2 Å². The minimum atomic E-state index is -0.477. The topological polar surface area (TPSA) is 116 Å².